The molecule has 1 aliphatic carbocycles. The summed E-state index contributed by atoms with van der Waals surface area (Å²) >= 11 is 0. The third kappa shape index (κ3) is 2.56. The van der Waals surface area contributed by atoms with Gasteiger partial charge in [-0.1, -0.05) is 6.07 Å². The van der Waals surface area contributed by atoms with E-state index in [1.54, 1.807) is 19.2 Å². The van der Waals surface area contributed by atoms with E-state index in [9.17, 15) is 10.1 Å². The van der Waals surface area contributed by atoms with Gasteiger partial charge in [-0.3, -0.25) is 10.1 Å². The molecule has 0 amide bonds. The predicted molar refractivity (Wildman–Crippen MR) is 81.4 cm³/mol. The molecule has 0 unspecified atom stereocenters. The van der Waals surface area contributed by atoms with Crippen molar-refractivity contribution in [3.05, 3.63) is 28.3 Å². The number of benzene rings is 1. The Hall–Kier alpha value is -1.82. The third-order valence-electron chi connectivity index (χ3n) is 4.33. The second kappa shape index (κ2) is 5.66. The molecule has 0 radical (unpaired) electrons. The third-order valence-corrected chi connectivity index (χ3v) is 4.33. The first kappa shape index (κ1) is 14.6. The van der Waals surface area contributed by atoms with E-state index in [4.69, 9.17) is 0 Å². The van der Waals surface area contributed by atoms with Crippen molar-refractivity contribution in [3.8, 4) is 0 Å². The van der Waals surface area contributed by atoms with E-state index in [0.717, 1.165) is 19.4 Å². The molecule has 0 saturated heterocycles. The van der Waals surface area contributed by atoms with E-state index in [0.29, 0.717) is 11.4 Å². The summed E-state index contributed by atoms with van der Waals surface area (Å²) < 4.78 is 0. The summed E-state index contributed by atoms with van der Waals surface area (Å²) in [5, 5.41) is 17.4. The lowest BCUT2D eigenvalue weighted by atomic mass is 9.75. The average Bonchev–Trinajstić information content (AvgIpc) is 2.36. The van der Waals surface area contributed by atoms with Crippen LogP contribution in [0.15, 0.2) is 18.2 Å². The molecule has 1 aliphatic rings. The minimum absolute atomic E-state index is 0.114. The van der Waals surface area contributed by atoms with Gasteiger partial charge in [0.25, 0.3) is 0 Å². The Morgan fingerprint density at radius 2 is 2.00 bits per heavy atom. The number of nitrogens with one attached hydrogen (secondary N) is 2. The highest BCUT2D eigenvalue weighted by molar-refractivity contribution is 5.76. The summed E-state index contributed by atoms with van der Waals surface area (Å²) in [7, 11) is 5.83. The van der Waals surface area contributed by atoms with Crippen LogP contribution in [0.2, 0.25) is 0 Å². The molecule has 110 valence electrons. The van der Waals surface area contributed by atoms with Gasteiger partial charge < -0.3 is 15.5 Å². The number of rotatable bonds is 6. The van der Waals surface area contributed by atoms with Gasteiger partial charge in [0.1, 0.15) is 11.4 Å². The summed E-state index contributed by atoms with van der Waals surface area (Å²) in [5.74, 6) is 0. The van der Waals surface area contributed by atoms with Crippen LogP contribution in [0.4, 0.5) is 17.1 Å². The van der Waals surface area contributed by atoms with E-state index < -0.39 is 0 Å². The van der Waals surface area contributed by atoms with Crippen LogP contribution in [0.3, 0.4) is 0 Å². The quantitative estimate of drug-likeness (QED) is 0.618. The molecule has 1 aromatic carbocycles. The first-order valence-electron chi connectivity index (χ1n) is 6.87. The molecule has 0 heterocycles. The smallest absolute Gasteiger partial charge is 0.315 e. The Morgan fingerprint density at radius 1 is 1.35 bits per heavy atom. The van der Waals surface area contributed by atoms with Crippen LogP contribution < -0.4 is 10.6 Å². The normalized spacial score (nSPS) is 16.6. The standard InChI is InChI=1S/C14H22N4O2/c1-15-11-6-4-7-12(13(11)18(19)20)16-10-14(17(2)3)8-5-9-14/h4,6-7,15-16H,5,8-10H2,1-3H3. The molecule has 0 spiro atoms. The molecule has 1 fully saturated rings. The zero-order chi connectivity index (χ0) is 14.8. The molecule has 1 aromatic rings. The minimum Gasteiger partial charge on any atom is -0.382 e. The first-order valence-corrected chi connectivity index (χ1v) is 6.87. The first-order chi connectivity index (χ1) is 9.50. The highest BCUT2D eigenvalue weighted by Gasteiger charge is 2.39. The average molecular weight is 278 g/mol. The molecule has 2 N–H and O–H groups in total. The van der Waals surface area contributed by atoms with Gasteiger partial charge in [-0.15, -0.1) is 0 Å². The molecule has 6 nitrogen and oxygen atoms in total. The Labute approximate surface area is 119 Å². The highest BCUT2D eigenvalue weighted by Crippen LogP contribution is 2.38. The minimum atomic E-state index is -0.336. The fraction of sp³-hybridized carbons (Fsp3) is 0.571. The molecular formula is C14H22N4O2. The van der Waals surface area contributed by atoms with Crippen molar-refractivity contribution in [3.63, 3.8) is 0 Å². The fourth-order valence-electron chi connectivity index (χ4n) is 2.71. The molecule has 20 heavy (non-hydrogen) atoms. The van der Waals surface area contributed by atoms with Crippen LogP contribution in [0.1, 0.15) is 19.3 Å². The lowest BCUT2D eigenvalue weighted by Crippen LogP contribution is -2.54. The van der Waals surface area contributed by atoms with Gasteiger partial charge in [0.2, 0.25) is 0 Å². The van der Waals surface area contributed by atoms with E-state index in [2.05, 4.69) is 29.6 Å². The number of nitro groups is 1. The maximum atomic E-state index is 11.3. The van der Waals surface area contributed by atoms with Crippen LogP contribution >= 0.6 is 0 Å². The number of para-hydroxylation sites is 1. The summed E-state index contributed by atoms with van der Waals surface area (Å²) in [6.07, 6.45) is 3.48. The molecule has 0 aromatic heterocycles. The number of anilines is 2. The monoisotopic (exact) mass is 278 g/mol. The predicted octanol–water partition coefficient (Wildman–Crippen LogP) is 2.53. The largest absolute Gasteiger partial charge is 0.382 e. The van der Waals surface area contributed by atoms with Gasteiger partial charge in [-0.2, -0.15) is 0 Å². The van der Waals surface area contributed by atoms with Gasteiger partial charge in [-0.05, 0) is 45.5 Å². The molecular weight excluding hydrogens is 256 g/mol. The van der Waals surface area contributed by atoms with Gasteiger partial charge >= 0.3 is 5.69 Å². The van der Waals surface area contributed by atoms with Crippen LogP contribution in [0, 0.1) is 10.1 Å². The number of hydrogen-bond donors (Lipinski definition) is 2. The van der Waals surface area contributed by atoms with Gasteiger partial charge in [-0.25, -0.2) is 0 Å². The molecule has 0 atom stereocenters. The number of nitro benzene ring substituents is 1. The Kier molecular flexibility index (Phi) is 4.13. The van der Waals surface area contributed by atoms with Crippen molar-refractivity contribution in [2.24, 2.45) is 0 Å². The van der Waals surface area contributed by atoms with Crippen LogP contribution in [-0.4, -0.2) is 43.0 Å². The lowest BCUT2D eigenvalue weighted by molar-refractivity contribution is -0.383. The molecule has 1 saturated carbocycles. The SMILES string of the molecule is CNc1cccc(NCC2(N(C)C)CCC2)c1[N+](=O)[O-]. The van der Waals surface area contributed by atoms with E-state index in [1.165, 1.54) is 6.42 Å². The van der Waals surface area contributed by atoms with Crippen molar-refractivity contribution in [1.29, 1.82) is 0 Å². The zero-order valence-corrected chi connectivity index (χ0v) is 12.3. The highest BCUT2D eigenvalue weighted by atomic mass is 16.6. The lowest BCUT2D eigenvalue weighted by Gasteiger charge is -2.47. The molecule has 0 bridgehead atoms. The van der Waals surface area contributed by atoms with Crippen molar-refractivity contribution in [2.75, 3.05) is 38.3 Å². The maximum Gasteiger partial charge on any atom is 0.315 e. The number of likely N-dealkylation sites (N-methyl/N-ethyl adjacent to an activating group) is 1. The van der Waals surface area contributed by atoms with E-state index in [-0.39, 0.29) is 16.1 Å². The van der Waals surface area contributed by atoms with Crippen molar-refractivity contribution in [2.45, 2.75) is 24.8 Å². The van der Waals surface area contributed by atoms with Crippen molar-refractivity contribution < 1.29 is 4.92 Å². The van der Waals surface area contributed by atoms with Gasteiger partial charge in [0.15, 0.2) is 0 Å². The molecule has 2 rings (SSSR count). The van der Waals surface area contributed by atoms with E-state index >= 15 is 0 Å². The van der Waals surface area contributed by atoms with Gasteiger partial charge in [0.05, 0.1) is 4.92 Å². The Morgan fingerprint density at radius 3 is 2.45 bits per heavy atom. The summed E-state index contributed by atoms with van der Waals surface area (Å²) in [6.45, 7) is 0.730. The van der Waals surface area contributed by atoms with Crippen molar-refractivity contribution >= 4 is 17.1 Å². The van der Waals surface area contributed by atoms with Crippen molar-refractivity contribution in [1.82, 2.24) is 4.90 Å². The topological polar surface area (TPSA) is 70.4 Å². The molecule has 0 aliphatic heterocycles. The fourth-order valence-corrected chi connectivity index (χ4v) is 2.71. The van der Waals surface area contributed by atoms with E-state index in [1.807, 2.05) is 6.07 Å². The Balaban J connectivity index is 2.19. The second-order valence-corrected chi connectivity index (χ2v) is 5.53. The summed E-state index contributed by atoms with van der Waals surface area (Å²) in [5.41, 5.74) is 1.36. The van der Waals surface area contributed by atoms with Crippen LogP contribution in [0.5, 0.6) is 0 Å². The van der Waals surface area contributed by atoms with Crippen LogP contribution in [-0.2, 0) is 0 Å². The molecule has 6 heteroatoms. The zero-order valence-electron chi connectivity index (χ0n) is 12.3. The van der Waals surface area contributed by atoms with Crippen LogP contribution in [0.25, 0.3) is 0 Å². The Bertz CT molecular complexity index is 498. The maximum absolute atomic E-state index is 11.3. The van der Waals surface area contributed by atoms with Gasteiger partial charge in [0, 0.05) is 19.1 Å². The number of hydrogen-bond acceptors (Lipinski definition) is 5. The number of nitrogens with zero attached hydrogens (tertiary/aromatic N) is 2. The summed E-state index contributed by atoms with van der Waals surface area (Å²) in [4.78, 5) is 13.1. The second-order valence-electron chi connectivity index (χ2n) is 5.53. The summed E-state index contributed by atoms with van der Waals surface area (Å²) in [6, 6.07) is 5.31.